The van der Waals surface area contributed by atoms with Crippen LogP contribution in [0.4, 0.5) is 4.39 Å². The fraction of sp³-hybridized carbons (Fsp3) is 0. The van der Waals surface area contributed by atoms with Gasteiger partial charge in [-0.1, -0.05) is 0 Å². The lowest BCUT2D eigenvalue weighted by molar-refractivity contribution is 0.425. The molecular formula is C5H5BFNO2. The molecule has 0 unspecified atom stereocenters. The largest absolute Gasteiger partial charge is 0.488 e. The van der Waals surface area contributed by atoms with Gasteiger partial charge in [0.15, 0.2) is 0 Å². The van der Waals surface area contributed by atoms with Gasteiger partial charge in [0.2, 0.25) is 5.95 Å². The molecule has 0 fully saturated rings. The van der Waals surface area contributed by atoms with Gasteiger partial charge in [0.1, 0.15) is 0 Å². The van der Waals surface area contributed by atoms with Crippen molar-refractivity contribution in [2.24, 2.45) is 0 Å². The van der Waals surface area contributed by atoms with E-state index in [1.165, 1.54) is 12.3 Å². The number of pyridine rings is 1. The number of halogens is 1. The molecule has 0 radical (unpaired) electrons. The van der Waals surface area contributed by atoms with E-state index in [9.17, 15) is 4.39 Å². The second-order valence-electron chi connectivity index (χ2n) is 1.79. The van der Waals surface area contributed by atoms with Gasteiger partial charge in [0.05, 0.1) is 0 Å². The Balaban J connectivity index is 2.96. The highest BCUT2D eigenvalue weighted by Gasteiger charge is 2.10. The summed E-state index contributed by atoms with van der Waals surface area (Å²) in [5, 5.41) is 17.0. The molecule has 0 saturated carbocycles. The smallest absolute Gasteiger partial charge is 0.423 e. The monoisotopic (exact) mass is 140 g/mol. The Bertz CT molecular complexity index is 231. The van der Waals surface area contributed by atoms with Crippen LogP contribution in [0.2, 0.25) is 0 Å². The van der Waals surface area contributed by atoms with Crippen LogP contribution in [0.1, 0.15) is 0 Å². The fourth-order valence-corrected chi connectivity index (χ4v) is 0.578. The van der Waals surface area contributed by atoms with E-state index < -0.39 is 13.1 Å². The van der Waals surface area contributed by atoms with Gasteiger partial charge in [-0.05, 0) is 17.6 Å². The summed E-state index contributed by atoms with van der Waals surface area (Å²) in [5.41, 5.74) is 0.104. The summed E-state index contributed by atoms with van der Waals surface area (Å²) in [6, 6.07) is 2.29. The summed E-state index contributed by atoms with van der Waals surface area (Å²) in [6.45, 7) is 0. The summed E-state index contributed by atoms with van der Waals surface area (Å²) in [4.78, 5) is 3.23. The fourth-order valence-electron chi connectivity index (χ4n) is 0.578. The Labute approximate surface area is 57.3 Å². The van der Waals surface area contributed by atoms with Crippen LogP contribution in [-0.4, -0.2) is 22.2 Å². The summed E-state index contributed by atoms with van der Waals surface area (Å²) in [5.74, 6) is -0.717. The van der Waals surface area contributed by atoms with E-state index in [0.717, 1.165) is 6.07 Å². The van der Waals surface area contributed by atoms with Crippen LogP contribution >= 0.6 is 0 Å². The van der Waals surface area contributed by atoms with Crippen molar-refractivity contribution in [2.75, 3.05) is 0 Å². The molecule has 1 heterocycles. The molecule has 5 heteroatoms. The van der Waals surface area contributed by atoms with Crippen molar-refractivity contribution in [1.82, 2.24) is 4.98 Å². The first-order valence-electron chi connectivity index (χ1n) is 2.68. The van der Waals surface area contributed by atoms with E-state index in [2.05, 4.69) is 4.98 Å². The zero-order chi connectivity index (χ0) is 7.56. The molecule has 3 nitrogen and oxygen atoms in total. The molecule has 10 heavy (non-hydrogen) atoms. The van der Waals surface area contributed by atoms with E-state index in [4.69, 9.17) is 10.0 Å². The third-order valence-electron chi connectivity index (χ3n) is 1.05. The summed E-state index contributed by atoms with van der Waals surface area (Å²) >= 11 is 0. The SMILES string of the molecule is OB(O)c1ccnc([18F])c1. The van der Waals surface area contributed by atoms with Crippen LogP contribution in [0.25, 0.3) is 0 Å². The van der Waals surface area contributed by atoms with Crippen LogP contribution in [0.3, 0.4) is 0 Å². The van der Waals surface area contributed by atoms with Crippen molar-refractivity contribution < 1.29 is 14.4 Å². The van der Waals surface area contributed by atoms with Crippen molar-refractivity contribution >= 4 is 12.6 Å². The van der Waals surface area contributed by atoms with Gasteiger partial charge >= 0.3 is 7.12 Å². The van der Waals surface area contributed by atoms with Crippen molar-refractivity contribution in [3.8, 4) is 0 Å². The molecule has 0 bridgehead atoms. The molecule has 52 valence electrons. The second kappa shape index (κ2) is 2.77. The lowest BCUT2D eigenvalue weighted by Gasteiger charge is -1.95. The van der Waals surface area contributed by atoms with Gasteiger partial charge in [-0.3, -0.25) is 0 Å². The molecule has 0 amide bonds. The Morgan fingerprint density at radius 1 is 1.50 bits per heavy atom. The minimum Gasteiger partial charge on any atom is -0.423 e. The standard InChI is InChI=1S/C5H5BFNO2/c7-5-3-4(6(9)10)1-2-8-5/h1-3,9-10H/i7-1. The molecule has 1 rings (SSSR count). The van der Waals surface area contributed by atoms with E-state index in [1.54, 1.807) is 0 Å². The van der Waals surface area contributed by atoms with Crippen molar-refractivity contribution in [2.45, 2.75) is 0 Å². The summed E-state index contributed by atoms with van der Waals surface area (Å²) in [7, 11) is -1.63. The number of nitrogens with zero attached hydrogens (tertiary/aromatic N) is 1. The third kappa shape index (κ3) is 1.52. The van der Waals surface area contributed by atoms with Gasteiger partial charge in [-0.2, -0.15) is 4.39 Å². The van der Waals surface area contributed by atoms with E-state index in [-0.39, 0.29) is 5.46 Å². The first-order valence-corrected chi connectivity index (χ1v) is 2.68. The van der Waals surface area contributed by atoms with Crippen LogP contribution in [0.15, 0.2) is 18.3 Å². The highest BCUT2D eigenvalue weighted by atomic mass is 18.2. The molecule has 0 atom stereocenters. The van der Waals surface area contributed by atoms with Gasteiger partial charge in [-0.25, -0.2) is 4.98 Å². The molecule has 2 N–H and O–H groups in total. The van der Waals surface area contributed by atoms with E-state index >= 15 is 0 Å². The predicted octanol–water partition coefficient (Wildman–Crippen LogP) is -1.10. The van der Waals surface area contributed by atoms with Crippen molar-refractivity contribution in [3.05, 3.63) is 24.3 Å². The first kappa shape index (κ1) is 7.18. The molecule has 1 aromatic heterocycles. The molecule has 0 aliphatic rings. The lowest BCUT2D eigenvalue weighted by Crippen LogP contribution is -2.30. The highest BCUT2D eigenvalue weighted by molar-refractivity contribution is 6.58. The van der Waals surface area contributed by atoms with E-state index in [0.29, 0.717) is 0 Å². The predicted molar refractivity (Wildman–Crippen MR) is 34.0 cm³/mol. The molecule has 1 aromatic rings. The van der Waals surface area contributed by atoms with Crippen LogP contribution in [0.5, 0.6) is 0 Å². The maximum absolute atomic E-state index is 12.2. The zero-order valence-electron chi connectivity index (χ0n) is 5.03. The van der Waals surface area contributed by atoms with Gasteiger partial charge in [-0.15, -0.1) is 0 Å². The first-order chi connectivity index (χ1) is 4.70. The molecular weight excluding hydrogens is 135 g/mol. The van der Waals surface area contributed by atoms with Crippen LogP contribution < -0.4 is 5.46 Å². The normalized spacial score (nSPS) is 9.50. The zero-order valence-corrected chi connectivity index (χ0v) is 5.03. The average molecular weight is 140 g/mol. The maximum atomic E-state index is 12.2. The average Bonchev–Trinajstić information content (AvgIpc) is 1.88. The van der Waals surface area contributed by atoms with Crippen molar-refractivity contribution in [3.63, 3.8) is 0 Å². The number of rotatable bonds is 1. The van der Waals surface area contributed by atoms with Crippen LogP contribution in [-0.2, 0) is 0 Å². The lowest BCUT2D eigenvalue weighted by atomic mass is 9.81. The van der Waals surface area contributed by atoms with E-state index in [1.807, 2.05) is 0 Å². The number of hydrogen-bond acceptors (Lipinski definition) is 3. The van der Waals surface area contributed by atoms with Crippen LogP contribution in [0, 0.1) is 5.95 Å². The molecule has 0 aromatic carbocycles. The highest BCUT2D eigenvalue weighted by Crippen LogP contribution is 1.86. The number of aromatic nitrogens is 1. The molecule has 0 aliphatic carbocycles. The molecule has 0 spiro atoms. The second-order valence-corrected chi connectivity index (χ2v) is 1.79. The Hall–Kier alpha value is -0.935. The van der Waals surface area contributed by atoms with Gasteiger partial charge in [0, 0.05) is 6.20 Å². The van der Waals surface area contributed by atoms with Gasteiger partial charge in [0.25, 0.3) is 0 Å². The van der Waals surface area contributed by atoms with Crippen molar-refractivity contribution in [1.29, 1.82) is 0 Å². The summed E-state index contributed by atoms with van der Waals surface area (Å²) in [6.07, 6.45) is 1.17. The Kier molecular flexibility index (Phi) is 1.98. The summed E-state index contributed by atoms with van der Waals surface area (Å²) < 4.78 is 12.2. The molecule has 0 saturated heterocycles. The topological polar surface area (TPSA) is 53.4 Å². The number of hydrogen-bond donors (Lipinski definition) is 2. The Morgan fingerprint density at radius 3 is 2.60 bits per heavy atom. The minimum absolute atomic E-state index is 0.104. The molecule has 0 aliphatic heterocycles. The minimum atomic E-state index is -1.63. The quantitative estimate of drug-likeness (QED) is 0.384. The third-order valence-corrected chi connectivity index (χ3v) is 1.05. The maximum Gasteiger partial charge on any atom is 0.488 e. The Morgan fingerprint density at radius 2 is 2.20 bits per heavy atom. The van der Waals surface area contributed by atoms with Gasteiger partial charge < -0.3 is 10.0 Å².